The second-order valence-corrected chi connectivity index (χ2v) is 9.83. The first-order valence-corrected chi connectivity index (χ1v) is 12.1. The lowest BCUT2D eigenvalue weighted by Gasteiger charge is -2.22. The molecule has 0 aliphatic heterocycles. The van der Waals surface area contributed by atoms with Crippen LogP contribution in [0.5, 0.6) is 11.5 Å². The highest BCUT2D eigenvalue weighted by Gasteiger charge is 2.26. The van der Waals surface area contributed by atoms with Gasteiger partial charge in [0.25, 0.3) is 11.8 Å². The summed E-state index contributed by atoms with van der Waals surface area (Å²) >= 11 is 13.5. The normalized spacial score (nSPS) is 14.8. The number of hydrogen-bond donors (Lipinski definition) is 6. The Bertz CT molecular complexity index is 1320. The number of amides is 3. The van der Waals surface area contributed by atoms with E-state index in [0.717, 1.165) is 16.6 Å². The van der Waals surface area contributed by atoms with E-state index in [2.05, 4.69) is 25.9 Å². The van der Waals surface area contributed by atoms with Gasteiger partial charge in [0.05, 0.1) is 22.3 Å². The quantitative estimate of drug-likeness (QED) is 0.265. The molecule has 0 saturated heterocycles. The molecule has 4 rings (SSSR count). The number of aryl methyl sites for hydroxylation is 2. The van der Waals surface area contributed by atoms with Gasteiger partial charge in [0, 0.05) is 28.6 Å². The largest absolute Gasteiger partial charge is 0.504 e. The molecule has 0 spiro atoms. The number of phenols is 2. The lowest BCUT2D eigenvalue weighted by Crippen LogP contribution is -2.38. The van der Waals surface area contributed by atoms with Gasteiger partial charge in [-0.3, -0.25) is 14.4 Å². The fourth-order valence-corrected chi connectivity index (χ4v) is 5.15. The summed E-state index contributed by atoms with van der Waals surface area (Å²) in [4.78, 5) is 45.3. The maximum atomic E-state index is 12.6. The third-order valence-corrected chi connectivity index (χ3v) is 7.43. The number of nitrogens with zero attached hydrogens (tertiary/aromatic N) is 1. The molecular weight excluding hydrogens is 517 g/mol. The number of phenolic OH excluding ortho intramolecular Hbond substituents is 2. The Morgan fingerprint density at radius 1 is 1.17 bits per heavy atom. The molecule has 13 heteroatoms. The highest BCUT2D eigenvalue weighted by molar-refractivity contribution is 7.15. The highest BCUT2D eigenvalue weighted by Crippen LogP contribution is 2.32. The van der Waals surface area contributed by atoms with Crippen molar-refractivity contribution in [3.63, 3.8) is 0 Å². The molecule has 1 atom stereocenters. The lowest BCUT2D eigenvalue weighted by molar-refractivity contribution is -0.115. The summed E-state index contributed by atoms with van der Waals surface area (Å²) in [5, 5.41) is 27.8. The van der Waals surface area contributed by atoms with Crippen LogP contribution in [0.3, 0.4) is 0 Å². The van der Waals surface area contributed by atoms with Gasteiger partial charge >= 0.3 is 0 Å². The van der Waals surface area contributed by atoms with Crippen LogP contribution in [0.15, 0.2) is 18.2 Å². The summed E-state index contributed by atoms with van der Waals surface area (Å²) in [7, 11) is 0. The van der Waals surface area contributed by atoms with Gasteiger partial charge in [-0.15, -0.1) is 11.3 Å². The van der Waals surface area contributed by atoms with E-state index >= 15 is 0 Å². The molecule has 0 saturated carbocycles. The van der Waals surface area contributed by atoms with Gasteiger partial charge in [-0.2, -0.15) is 0 Å². The molecule has 1 aliphatic rings. The number of H-pyrrole nitrogens is 1. The molecule has 1 aromatic carbocycles. The van der Waals surface area contributed by atoms with E-state index in [1.165, 1.54) is 23.5 Å². The number of carbonyl (C=O) groups excluding carboxylic acids is 3. The molecule has 3 amide bonds. The molecular formula is C22H21Cl2N5O5S. The lowest BCUT2D eigenvalue weighted by atomic mass is 9.97. The second-order valence-electron chi connectivity index (χ2n) is 7.99. The van der Waals surface area contributed by atoms with Gasteiger partial charge in [0.15, 0.2) is 16.6 Å². The summed E-state index contributed by atoms with van der Waals surface area (Å²) < 4.78 is 0. The summed E-state index contributed by atoms with van der Waals surface area (Å²) in [6.07, 6.45) is 1.86. The number of thiazole rings is 1. The molecule has 2 heterocycles. The average molecular weight is 538 g/mol. The van der Waals surface area contributed by atoms with E-state index in [9.17, 15) is 24.6 Å². The van der Waals surface area contributed by atoms with Crippen molar-refractivity contribution < 1.29 is 24.6 Å². The molecule has 0 bridgehead atoms. The number of carbonyl (C=O) groups is 3. The van der Waals surface area contributed by atoms with Crippen molar-refractivity contribution in [2.24, 2.45) is 0 Å². The molecule has 1 aliphatic carbocycles. The fourth-order valence-electron chi connectivity index (χ4n) is 3.63. The molecule has 2 aromatic heterocycles. The number of nitrogens with one attached hydrogen (secondary N) is 4. The molecule has 3 aromatic rings. The number of fused-ring (bicyclic) bond motifs is 1. The Kier molecular flexibility index (Phi) is 7.20. The van der Waals surface area contributed by atoms with Crippen LogP contribution in [0, 0.1) is 6.92 Å². The van der Waals surface area contributed by atoms with Crippen molar-refractivity contribution in [3.8, 4) is 11.5 Å². The van der Waals surface area contributed by atoms with Crippen LogP contribution in [-0.4, -0.2) is 50.5 Å². The minimum atomic E-state index is -0.578. The Hall–Kier alpha value is -3.28. The predicted octanol–water partition coefficient (Wildman–Crippen LogP) is 3.15. The first kappa shape index (κ1) is 24.8. The summed E-state index contributed by atoms with van der Waals surface area (Å²) in [5.74, 6) is -2.16. The number of halogens is 2. The maximum absolute atomic E-state index is 12.6. The second kappa shape index (κ2) is 10.1. The first-order valence-electron chi connectivity index (χ1n) is 10.6. The number of rotatable bonds is 6. The molecule has 184 valence electrons. The van der Waals surface area contributed by atoms with Crippen LogP contribution in [0.2, 0.25) is 10.0 Å². The van der Waals surface area contributed by atoms with Crippen LogP contribution in [-0.2, 0) is 17.6 Å². The Balaban J connectivity index is 1.31. The van der Waals surface area contributed by atoms with Crippen molar-refractivity contribution in [1.82, 2.24) is 20.6 Å². The molecule has 35 heavy (non-hydrogen) atoms. The van der Waals surface area contributed by atoms with E-state index in [-0.39, 0.29) is 40.5 Å². The van der Waals surface area contributed by atoms with Crippen LogP contribution < -0.4 is 16.0 Å². The number of aromatic amines is 1. The van der Waals surface area contributed by atoms with Crippen molar-refractivity contribution in [2.45, 2.75) is 32.2 Å². The summed E-state index contributed by atoms with van der Waals surface area (Å²) in [5.41, 5.74) is 1.80. The highest BCUT2D eigenvalue weighted by atomic mass is 35.5. The zero-order valence-electron chi connectivity index (χ0n) is 18.4. The fraction of sp³-hybridized carbons (Fsp3) is 0.273. The van der Waals surface area contributed by atoms with Crippen molar-refractivity contribution in [1.29, 1.82) is 0 Å². The Morgan fingerprint density at radius 3 is 2.63 bits per heavy atom. The third kappa shape index (κ3) is 5.53. The van der Waals surface area contributed by atoms with Crippen LogP contribution in [0.4, 0.5) is 5.13 Å². The summed E-state index contributed by atoms with van der Waals surface area (Å²) in [6, 6.07) is 3.49. The van der Waals surface area contributed by atoms with Gasteiger partial charge in [0.1, 0.15) is 5.69 Å². The molecule has 0 fully saturated rings. The number of benzene rings is 1. The average Bonchev–Trinajstić information content (AvgIpc) is 3.33. The SMILES string of the molecule is Cc1[nH]c(C(=O)N[C@H]2CCc3nc(NC(=O)CNC(=O)c4ccc(O)c(O)c4)sc3C2)c(Cl)c1Cl. The van der Waals surface area contributed by atoms with Crippen LogP contribution >= 0.6 is 34.5 Å². The standard InChI is InChI=1S/C22H21Cl2N5O5S/c1-9-17(23)18(24)19(26-9)21(34)27-11-3-4-12-15(7-11)35-22(28-12)29-16(32)8-25-20(33)10-2-5-13(30)14(31)6-10/h2,5-6,11,26,30-31H,3-4,7-8H2,1H3,(H,25,33)(H,27,34)(H,28,29,32)/t11-/m0/s1. The minimum Gasteiger partial charge on any atom is -0.504 e. The van der Waals surface area contributed by atoms with E-state index in [4.69, 9.17) is 23.2 Å². The Labute approximate surface area is 213 Å². The minimum absolute atomic E-state index is 0.101. The monoisotopic (exact) mass is 537 g/mol. The van der Waals surface area contributed by atoms with Crippen LogP contribution in [0.1, 0.15) is 43.5 Å². The molecule has 6 N–H and O–H groups in total. The Morgan fingerprint density at radius 2 is 1.94 bits per heavy atom. The number of aromatic hydroxyl groups is 2. The molecule has 0 unspecified atom stereocenters. The topological polar surface area (TPSA) is 156 Å². The van der Waals surface area contributed by atoms with Gasteiger partial charge < -0.3 is 31.1 Å². The van der Waals surface area contributed by atoms with Gasteiger partial charge in [0.2, 0.25) is 5.91 Å². The molecule has 10 nitrogen and oxygen atoms in total. The number of hydrogen-bond acceptors (Lipinski definition) is 7. The van der Waals surface area contributed by atoms with Gasteiger partial charge in [-0.25, -0.2) is 4.98 Å². The van der Waals surface area contributed by atoms with Crippen molar-refractivity contribution >= 4 is 57.4 Å². The van der Waals surface area contributed by atoms with E-state index in [0.29, 0.717) is 35.1 Å². The van der Waals surface area contributed by atoms with Gasteiger partial charge in [-0.05, 0) is 38.0 Å². The smallest absolute Gasteiger partial charge is 0.269 e. The van der Waals surface area contributed by atoms with E-state index < -0.39 is 17.6 Å². The van der Waals surface area contributed by atoms with E-state index in [1.54, 1.807) is 6.92 Å². The van der Waals surface area contributed by atoms with Crippen molar-refractivity contribution in [3.05, 3.63) is 55.8 Å². The maximum Gasteiger partial charge on any atom is 0.269 e. The zero-order chi connectivity index (χ0) is 25.3. The van der Waals surface area contributed by atoms with Gasteiger partial charge in [-0.1, -0.05) is 23.2 Å². The number of anilines is 1. The van der Waals surface area contributed by atoms with Crippen molar-refractivity contribution in [2.75, 3.05) is 11.9 Å². The van der Waals surface area contributed by atoms with Crippen LogP contribution in [0.25, 0.3) is 0 Å². The third-order valence-electron chi connectivity index (χ3n) is 5.45. The first-order chi connectivity index (χ1) is 16.6. The zero-order valence-corrected chi connectivity index (χ0v) is 20.7. The molecule has 0 radical (unpaired) electrons. The summed E-state index contributed by atoms with van der Waals surface area (Å²) in [6.45, 7) is 1.43. The number of aromatic nitrogens is 2. The van der Waals surface area contributed by atoms with E-state index in [1.807, 2.05) is 0 Å². The predicted molar refractivity (Wildman–Crippen MR) is 132 cm³/mol.